The molecule has 1 aliphatic rings. The molecule has 10 nitrogen and oxygen atoms in total. The number of nitrogens with two attached hydrogens (primary N) is 1. The zero-order valence-electron chi connectivity index (χ0n) is 20.7. The zero-order chi connectivity index (χ0) is 27.1. The van der Waals surface area contributed by atoms with Crippen LogP contribution in [0.4, 0.5) is 14.6 Å². The zero-order valence-corrected chi connectivity index (χ0v) is 20.7. The molecule has 0 saturated heterocycles. The van der Waals surface area contributed by atoms with Crippen molar-refractivity contribution in [3.63, 3.8) is 0 Å². The van der Waals surface area contributed by atoms with E-state index < -0.39 is 17.7 Å². The van der Waals surface area contributed by atoms with Gasteiger partial charge in [0, 0.05) is 35.3 Å². The predicted octanol–water partition coefficient (Wildman–Crippen LogP) is 4.10. The summed E-state index contributed by atoms with van der Waals surface area (Å²) in [5.41, 5.74) is 9.91. The van der Waals surface area contributed by atoms with Crippen molar-refractivity contribution in [2.75, 3.05) is 5.73 Å². The van der Waals surface area contributed by atoms with Crippen LogP contribution in [-0.2, 0) is 24.5 Å². The number of nitrogens with zero attached hydrogens (tertiary/aromatic N) is 6. The molecule has 12 heteroatoms. The second-order valence-electron chi connectivity index (χ2n) is 9.12. The minimum Gasteiger partial charge on any atom is -0.383 e. The lowest BCUT2D eigenvalue weighted by Gasteiger charge is -2.27. The van der Waals surface area contributed by atoms with Gasteiger partial charge in [0.15, 0.2) is 11.6 Å². The van der Waals surface area contributed by atoms with Crippen molar-refractivity contribution in [3.8, 4) is 11.1 Å². The van der Waals surface area contributed by atoms with Crippen LogP contribution in [0.25, 0.3) is 22.2 Å². The second kappa shape index (κ2) is 9.80. The first kappa shape index (κ1) is 24.5. The molecule has 5 aromatic heterocycles. The minimum atomic E-state index is -0.791. The molecule has 6 heterocycles. The number of rotatable bonds is 6. The fourth-order valence-corrected chi connectivity index (χ4v) is 4.69. The number of aromatic amines is 1. The summed E-state index contributed by atoms with van der Waals surface area (Å²) in [5, 5.41) is 0. The van der Waals surface area contributed by atoms with Crippen molar-refractivity contribution in [3.05, 3.63) is 95.2 Å². The lowest BCUT2D eigenvalue weighted by molar-refractivity contribution is 0.0658. The summed E-state index contributed by atoms with van der Waals surface area (Å²) in [5.74, 6) is -1.10. The van der Waals surface area contributed by atoms with Crippen LogP contribution in [0.5, 0.6) is 0 Å². The lowest BCUT2D eigenvalue weighted by Crippen LogP contribution is -2.34. The van der Waals surface area contributed by atoms with E-state index in [9.17, 15) is 13.6 Å². The number of ether oxygens (including phenoxy) is 1. The average molecular weight is 529 g/mol. The molecule has 0 radical (unpaired) electrons. The molecule has 0 aromatic carbocycles. The van der Waals surface area contributed by atoms with Gasteiger partial charge in [0.2, 0.25) is 0 Å². The first-order valence-corrected chi connectivity index (χ1v) is 12.1. The third-order valence-electron chi connectivity index (χ3n) is 6.72. The number of nitrogen functional groups attached to an aromatic ring is 1. The highest BCUT2D eigenvalue weighted by atomic mass is 19.1. The maximum atomic E-state index is 14.2. The molecule has 3 N–H and O–H groups in total. The first-order valence-electron chi connectivity index (χ1n) is 12.1. The Balaban J connectivity index is 1.35. The lowest BCUT2D eigenvalue weighted by atomic mass is 10.1. The molecule has 1 aliphatic heterocycles. The number of carbonyl (C=O) groups is 1. The summed E-state index contributed by atoms with van der Waals surface area (Å²) < 4.78 is 34.0. The van der Waals surface area contributed by atoms with Gasteiger partial charge in [0.25, 0.3) is 5.91 Å². The van der Waals surface area contributed by atoms with Crippen LogP contribution in [0.3, 0.4) is 0 Å². The van der Waals surface area contributed by atoms with E-state index in [1.807, 2.05) is 6.92 Å². The molecule has 0 spiro atoms. The quantitative estimate of drug-likeness (QED) is 0.336. The van der Waals surface area contributed by atoms with E-state index in [1.54, 1.807) is 41.6 Å². The van der Waals surface area contributed by atoms with Gasteiger partial charge in [-0.05, 0) is 25.1 Å². The summed E-state index contributed by atoms with van der Waals surface area (Å²) in [6.45, 7) is 2.63. The average Bonchev–Trinajstić information content (AvgIpc) is 3.60. The maximum Gasteiger partial charge on any atom is 0.271 e. The number of nitrogens with one attached hydrogen (secondary N) is 1. The van der Waals surface area contributed by atoms with E-state index in [-0.39, 0.29) is 23.6 Å². The van der Waals surface area contributed by atoms with Crippen LogP contribution in [0.1, 0.15) is 46.1 Å². The molecule has 0 bridgehead atoms. The number of hydrogen-bond donors (Lipinski definition) is 2. The van der Waals surface area contributed by atoms with Crippen molar-refractivity contribution >= 4 is 22.8 Å². The number of H-pyrrole nitrogens is 1. The summed E-state index contributed by atoms with van der Waals surface area (Å²) >= 11 is 0. The van der Waals surface area contributed by atoms with Gasteiger partial charge in [-0.15, -0.1) is 0 Å². The number of halogens is 2. The highest BCUT2D eigenvalue weighted by Gasteiger charge is 2.28. The molecule has 1 atom stereocenters. The molecule has 196 valence electrons. The standard InChI is InChI=1S/C27H22F2N8O2/c1-14(26-32-5-2-6-33-26)37(11-16-4-3-15(8-34-16)23-19(28)9-31-10-20(23)29)27(38)22-7-21-24(35-22)17-12-39-13-18(17)25(30)36-21/h2-10,14,35H,11-13H2,1H3,(H2,30,36)/t14-/m1/s1. The summed E-state index contributed by atoms with van der Waals surface area (Å²) in [6.07, 6.45) is 6.45. The van der Waals surface area contributed by atoms with Crippen molar-refractivity contribution in [1.29, 1.82) is 0 Å². The van der Waals surface area contributed by atoms with Gasteiger partial charge < -0.3 is 20.4 Å². The minimum absolute atomic E-state index is 0.0754. The molecule has 0 aliphatic carbocycles. The summed E-state index contributed by atoms with van der Waals surface area (Å²) in [7, 11) is 0. The summed E-state index contributed by atoms with van der Waals surface area (Å²) in [6, 6.07) is 5.98. The van der Waals surface area contributed by atoms with Crippen LogP contribution in [0, 0.1) is 11.6 Å². The molecule has 5 aromatic rings. The van der Waals surface area contributed by atoms with E-state index in [0.717, 1.165) is 23.5 Å². The van der Waals surface area contributed by atoms with Gasteiger partial charge in [-0.1, -0.05) is 6.07 Å². The van der Waals surface area contributed by atoms with Crippen molar-refractivity contribution in [1.82, 2.24) is 34.8 Å². The van der Waals surface area contributed by atoms with Crippen molar-refractivity contribution in [2.45, 2.75) is 32.7 Å². The van der Waals surface area contributed by atoms with Gasteiger partial charge >= 0.3 is 0 Å². The Hall–Kier alpha value is -4.84. The van der Waals surface area contributed by atoms with E-state index in [4.69, 9.17) is 10.5 Å². The van der Waals surface area contributed by atoms with Crippen LogP contribution in [0.15, 0.2) is 55.2 Å². The van der Waals surface area contributed by atoms with Crippen molar-refractivity contribution < 1.29 is 18.3 Å². The Kier molecular flexibility index (Phi) is 6.15. The van der Waals surface area contributed by atoms with Gasteiger partial charge in [-0.2, -0.15) is 0 Å². The number of amides is 1. The Morgan fingerprint density at radius 3 is 2.56 bits per heavy atom. The normalized spacial score (nSPS) is 13.4. The SMILES string of the molecule is C[C@H](c1ncccn1)N(Cc1ccc(-c2c(F)cncc2F)cn1)C(=O)c1cc2nc(N)c3c(c2[nH]1)COC3. The molecular weight excluding hydrogens is 506 g/mol. The molecule has 0 unspecified atom stereocenters. The number of aromatic nitrogens is 6. The van der Waals surface area contributed by atoms with Crippen LogP contribution < -0.4 is 5.73 Å². The van der Waals surface area contributed by atoms with Crippen LogP contribution >= 0.6 is 0 Å². The molecule has 39 heavy (non-hydrogen) atoms. The predicted molar refractivity (Wildman–Crippen MR) is 137 cm³/mol. The first-order chi connectivity index (χ1) is 18.9. The Morgan fingerprint density at radius 1 is 1.10 bits per heavy atom. The molecule has 6 rings (SSSR count). The second-order valence-corrected chi connectivity index (χ2v) is 9.12. The van der Waals surface area contributed by atoms with Gasteiger partial charge in [-0.3, -0.25) is 14.8 Å². The Bertz CT molecular complexity index is 1670. The van der Waals surface area contributed by atoms with E-state index in [0.29, 0.717) is 47.3 Å². The maximum absolute atomic E-state index is 14.2. The molecular formula is C27H22F2N8O2. The third kappa shape index (κ3) is 4.44. The fraction of sp³-hybridized carbons (Fsp3) is 0.185. The highest BCUT2D eigenvalue weighted by molar-refractivity contribution is 5.98. The largest absolute Gasteiger partial charge is 0.383 e. The smallest absolute Gasteiger partial charge is 0.271 e. The number of anilines is 1. The van der Waals surface area contributed by atoms with Gasteiger partial charge in [-0.25, -0.2) is 23.7 Å². The van der Waals surface area contributed by atoms with Gasteiger partial charge in [0.1, 0.15) is 17.3 Å². The number of carbonyl (C=O) groups excluding carboxylic acids is 1. The monoisotopic (exact) mass is 528 g/mol. The third-order valence-corrected chi connectivity index (χ3v) is 6.72. The molecule has 1 amide bonds. The summed E-state index contributed by atoms with van der Waals surface area (Å²) in [4.78, 5) is 39.7. The van der Waals surface area contributed by atoms with E-state index in [1.165, 1.54) is 6.20 Å². The van der Waals surface area contributed by atoms with Gasteiger partial charge in [0.05, 0.1) is 60.5 Å². The Labute approximate surface area is 220 Å². The van der Waals surface area contributed by atoms with E-state index in [2.05, 4.69) is 29.9 Å². The number of hydrogen-bond acceptors (Lipinski definition) is 8. The molecule has 0 fully saturated rings. The number of pyridine rings is 3. The van der Waals surface area contributed by atoms with Crippen LogP contribution in [-0.4, -0.2) is 40.7 Å². The highest BCUT2D eigenvalue weighted by Crippen LogP contribution is 2.32. The number of fused-ring (bicyclic) bond motifs is 3. The van der Waals surface area contributed by atoms with Crippen LogP contribution in [0.2, 0.25) is 0 Å². The van der Waals surface area contributed by atoms with E-state index >= 15 is 0 Å². The molecule has 0 saturated carbocycles. The Morgan fingerprint density at radius 2 is 1.85 bits per heavy atom. The fourth-order valence-electron chi connectivity index (χ4n) is 4.69. The van der Waals surface area contributed by atoms with Crippen molar-refractivity contribution in [2.24, 2.45) is 0 Å². The topological polar surface area (TPSA) is 136 Å².